The molecule has 1 aromatic carbocycles. The van der Waals surface area contributed by atoms with Crippen molar-refractivity contribution in [3.05, 3.63) is 45.6 Å². The van der Waals surface area contributed by atoms with Gasteiger partial charge in [-0.3, -0.25) is 0 Å². The van der Waals surface area contributed by atoms with Crippen LogP contribution in [0.2, 0.25) is 4.34 Å². The van der Waals surface area contributed by atoms with Crippen molar-refractivity contribution in [3.63, 3.8) is 0 Å². The first-order valence-electron chi connectivity index (χ1n) is 6.50. The molecule has 5 heteroatoms. The Kier molecular flexibility index (Phi) is 6.18. The van der Waals surface area contributed by atoms with Gasteiger partial charge in [0.2, 0.25) is 0 Å². The summed E-state index contributed by atoms with van der Waals surface area (Å²) >= 11 is 7.52. The van der Waals surface area contributed by atoms with Gasteiger partial charge in [0.25, 0.3) is 0 Å². The average molecular weight is 312 g/mol. The van der Waals surface area contributed by atoms with Crippen LogP contribution in [0.25, 0.3) is 0 Å². The highest BCUT2D eigenvalue weighted by molar-refractivity contribution is 7.16. The first-order chi connectivity index (χ1) is 9.78. The summed E-state index contributed by atoms with van der Waals surface area (Å²) in [6.45, 7) is 2.41. The van der Waals surface area contributed by atoms with Crippen molar-refractivity contribution in [3.8, 4) is 11.5 Å². The fraction of sp³-hybridized carbons (Fsp3) is 0.333. The van der Waals surface area contributed by atoms with Crippen LogP contribution < -0.4 is 14.8 Å². The molecule has 0 aliphatic carbocycles. The average Bonchev–Trinajstić information content (AvgIpc) is 2.89. The van der Waals surface area contributed by atoms with E-state index in [0.717, 1.165) is 35.3 Å². The highest BCUT2D eigenvalue weighted by Gasteiger charge is 1.98. The van der Waals surface area contributed by atoms with E-state index in [1.807, 2.05) is 30.3 Å². The van der Waals surface area contributed by atoms with Gasteiger partial charge in [0.1, 0.15) is 18.1 Å². The van der Waals surface area contributed by atoms with Gasteiger partial charge in [0.05, 0.1) is 11.4 Å². The number of thiophene rings is 1. The summed E-state index contributed by atoms with van der Waals surface area (Å²) in [5.41, 5.74) is 0. The minimum Gasteiger partial charge on any atom is -0.497 e. The lowest BCUT2D eigenvalue weighted by molar-refractivity contribution is 0.314. The zero-order chi connectivity index (χ0) is 14.2. The summed E-state index contributed by atoms with van der Waals surface area (Å²) in [5.74, 6) is 1.70. The highest BCUT2D eigenvalue weighted by Crippen LogP contribution is 2.21. The lowest BCUT2D eigenvalue weighted by Gasteiger charge is -2.08. The maximum Gasteiger partial charge on any atom is 0.119 e. The fourth-order valence-electron chi connectivity index (χ4n) is 1.74. The van der Waals surface area contributed by atoms with E-state index >= 15 is 0 Å². The molecule has 2 rings (SSSR count). The third kappa shape index (κ3) is 5.04. The summed E-state index contributed by atoms with van der Waals surface area (Å²) in [4.78, 5) is 1.30. The van der Waals surface area contributed by atoms with E-state index in [1.54, 1.807) is 18.4 Å². The van der Waals surface area contributed by atoms with E-state index in [9.17, 15) is 0 Å². The zero-order valence-corrected chi connectivity index (χ0v) is 13.0. The monoisotopic (exact) mass is 311 g/mol. The van der Waals surface area contributed by atoms with Gasteiger partial charge in [-0.25, -0.2) is 0 Å². The molecule has 0 atom stereocenters. The van der Waals surface area contributed by atoms with Gasteiger partial charge in [-0.2, -0.15) is 0 Å². The lowest BCUT2D eigenvalue weighted by Crippen LogP contribution is -2.23. The van der Waals surface area contributed by atoms with Crippen LogP contribution in [0.1, 0.15) is 4.88 Å². The molecule has 1 heterocycles. The largest absolute Gasteiger partial charge is 0.497 e. The Labute approximate surface area is 128 Å². The second-order valence-corrected chi connectivity index (χ2v) is 6.03. The van der Waals surface area contributed by atoms with E-state index in [2.05, 4.69) is 11.4 Å². The summed E-state index contributed by atoms with van der Waals surface area (Å²) in [7, 11) is 1.65. The van der Waals surface area contributed by atoms with Crippen LogP contribution in [0.3, 0.4) is 0 Å². The van der Waals surface area contributed by atoms with Crippen LogP contribution in [0.15, 0.2) is 36.4 Å². The molecule has 0 spiro atoms. The van der Waals surface area contributed by atoms with Crippen LogP contribution in [-0.2, 0) is 6.42 Å². The first kappa shape index (κ1) is 15.2. The summed E-state index contributed by atoms with van der Waals surface area (Å²) < 4.78 is 11.6. The summed E-state index contributed by atoms with van der Waals surface area (Å²) in [5, 5.41) is 3.35. The Morgan fingerprint density at radius 1 is 1.05 bits per heavy atom. The van der Waals surface area contributed by atoms with Crippen LogP contribution in [0.4, 0.5) is 0 Å². The molecule has 0 aliphatic heterocycles. The minimum absolute atomic E-state index is 0.650. The SMILES string of the molecule is COc1ccc(OCCNCCc2ccc(Cl)s2)cc1. The number of benzene rings is 1. The van der Waals surface area contributed by atoms with Gasteiger partial charge < -0.3 is 14.8 Å². The predicted octanol–water partition coefficient (Wildman–Crippen LogP) is 3.62. The maximum atomic E-state index is 5.88. The molecule has 0 radical (unpaired) electrons. The number of rotatable bonds is 8. The number of ether oxygens (including phenoxy) is 2. The molecule has 0 saturated heterocycles. The molecule has 0 bridgehead atoms. The van der Waals surface area contributed by atoms with E-state index in [0.29, 0.717) is 6.61 Å². The molecule has 1 aromatic heterocycles. The maximum absolute atomic E-state index is 5.88. The van der Waals surface area contributed by atoms with Gasteiger partial charge in [-0.1, -0.05) is 11.6 Å². The second kappa shape index (κ2) is 8.15. The van der Waals surface area contributed by atoms with Gasteiger partial charge in [0, 0.05) is 18.0 Å². The Morgan fingerprint density at radius 3 is 2.45 bits per heavy atom. The molecule has 3 nitrogen and oxygen atoms in total. The number of methoxy groups -OCH3 is 1. The van der Waals surface area contributed by atoms with E-state index in [-0.39, 0.29) is 0 Å². The van der Waals surface area contributed by atoms with Crippen LogP contribution in [0, 0.1) is 0 Å². The van der Waals surface area contributed by atoms with Crippen molar-refractivity contribution in [2.75, 3.05) is 26.8 Å². The Balaban J connectivity index is 1.57. The van der Waals surface area contributed by atoms with Crippen molar-refractivity contribution < 1.29 is 9.47 Å². The quantitative estimate of drug-likeness (QED) is 0.755. The molecule has 1 N–H and O–H groups in total. The third-order valence-corrected chi connectivity index (χ3v) is 4.07. The van der Waals surface area contributed by atoms with Crippen LogP contribution >= 0.6 is 22.9 Å². The van der Waals surface area contributed by atoms with Crippen molar-refractivity contribution in [2.45, 2.75) is 6.42 Å². The first-order valence-corrected chi connectivity index (χ1v) is 7.69. The zero-order valence-electron chi connectivity index (χ0n) is 11.4. The van der Waals surface area contributed by atoms with Gasteiger partial charge >= 0.3 is 0 Å². The third-order valence-electron chi connectivity index (χ3n) is 2.78. The van der Waals surface area contributed by atoms with Crippen LogP contribution in [0.5, 0.6) is 11.5 Å². The van der Waals surface area contributed by atoms with E-state index < -0.39 is 0 Å². The molecule has 0 amide bonds. The molecule has 0 fully saturated rings. The molecular weight excluding hydrogens is 294 g/mol. The fourth-order valence-corrected chi connectivity index (χ4v) is 2.82. The number of hydrogen-bond acceptors (Lipinski definition) is 4. The predicted molar refractivity (Wildman–Crippen MR) is 84.4 cm³/mol. The lowest BCUT2D eigenvalue weighted by atomic mass is 10.3. The number of nitrogens with one attached hydrogen (secondary N) is 1. The normalized spacial score (nSPS) is 10.5. The Morgan fingerprint density at radius 2 is 1.80 bits per heavy atom. The van der Waals surface area contributed by atoms with E-state index in [1.165, 1.54) is 4.88 Å². The van der Waals surface area contributed by atoms with Crippen molar-refractivity contribution in [1.82, 2.24) is 5.32 Å². The van der Waals surface area contributed by atoms with Crippen LogP contribution in [-0.4, -0.2) is 26.8 Å². The molecule has 108 valence electrons. The smallest absolute Gasteiger partial charge is 0.119 e. The minimum atomic E-state index is 0.650. The van der Waals surface area contributed by atoms with Gasteiger partial charge in [0.15, 0.2) is 0 Å². The molecule has 0 unspecified atom stereocenters. The van der Waals surface area contributed by atoms with Crippen molar-refractivity contribution in [2.24, 2.45) is 0 Å². The number of halogens is 1. The molecule has 0 aliphatic rings. The summed E-state index contributed by atoms with van der Waals surface area (Å²) in [6.07, 6.45) is 1.000. The van der Waals surface area contributed by atoms with Gasteiger partial charge in [-0.15, -0.1) is 11.3 Å². The van der Waals surface area contributed by atoms with E-state index in [4.69, 9.17) is 21.1 Å². The molecular formula is C15H18ClNO2S. The topological polar surface area (TPSA) is 30.5 Å². The highest BCUT2D eigenvalue weighted by atomic mass is 35.5. The van der Waals surface area contributed by atoms with Gasteiger partial charge in [-0.05, 0) is 42.8 Å². The number of hydrogen-bond donors (Lipinski definition) is 1. The molecule has 0 saturated carbocycles. The van der Waals surface area contributed by atoms with Crippen molar-refractivity contribution >= 4 is 22.9 Å². The Bertz CT molecular complexity index is 513. The second-order valence-electron chi connectivity index (χ2n) is 4.23. The Hall–Kier alpha value is -1.23. The molecule has 2 aromatic rings. The molecule has 20 heavy (non-hydrogen) atoms. The standard InChI is InChI=1S/C15H18ClNO2S/c1-18-12-2-4-13(5-3-12)19-11-10-17-9-8-14-6-7-15(16)20-14/h2-7,17H,8-11H2,1H3. The summed E-state index contributed by atoms with van der Waals surface area (Å²) in [6, 6.07) is 11.6. The van der Waals surface area contributed by atoms with Crippen molar-refractivity contribution in [1.29, 1.82) is 0 Å².